The van der Waals surface area contributed by atoms with E-state index in [1.165, 1.54) is 0 Å². The smallest absolute Gasteiger partial charge is 0.185 e. The molecule has 0 radical (unpaired) electrons. The Hall–Kier alpha value is -2.74. The fourth-order valence-electron chi connectivity index (χ4n) is 4.40. The van der Waals surface area contributed by atoms with Gasteiger partial charge in [-0.1, -0.05) is 66.7 Å². The molecule has 3 aromatic carbocycles. The van der Waals surface area contributed by atoms with Crippen LogP contribution in [0.5, 0.6) is 0 Å². The van der Waals surface area contributed by atoms with Gasteiger partial charge in [0.25, 0.3) is 0 Å². The summed E-state index contributed by atoms with van der Waals surface area (Å²) in [6.45, 7) is 2.67. The lowest BCUT2D eigenvalue weighted by molar-refractivity contribution is -0.253. The quantitative estimate of drug-likeness (QED) is 0.431. The van der Waals surface area contributed by atoms with E-state index in [4.69, 9.17) is 15.2 Å². The molecule has 0 aromatic heterocycles. The van der Waals surface area contributed by atoms with Gasteiger partial charge in [-0.25, -0.2) is 0 Å². The molecule has 0 aliphatic carbocycles. The molecular weight excluding hydrogens is 428 g/mol. The molecule has 4 N–H and O–H groups in total. The normalized spacial score (nSPS) is 22.4. The zero-order valence-electron chi connectivity index (χ0n) is 19.7. The maximum atomic E-state index is 10.9. The number of hydrogen-bond donors (Lipinski definition) is 3. The number of nitrogen functional groups attached to an aromatic ring is 1. The third-order valence-corrected chi connectivity index (χ3v) is 6.58. The summed E-state index contributed by atoms with van der Waals surface area (Å²) >= 11 is 0. The van der Waals surface area contributed by atoms with Crippen LogP contribution < -0.4 is 5.73 Å². The number of nitrogens with zero attached hydrogens (tertiary/aromatic N) is 1. The van der Waals surface area contributed by atoms with Crippen LogP contribution in [-0.2, 0) is 16.1 Å². The molecule has 0 saturated carbocycles. The second kappa shape index (κ2) is 11.1. The third-order valence-electron chi connectivity index (χ3n) is 6.58. The highest BCUT2D eigenvalue weighted by molar-refractivity contribution is 5.41. The average Bonchev–Trinajstić information content (AvgIpc) is 2.88. The summed E-state index contributed by atoms with van der Waals surface area (Å²) in [5.74, 6) is 0. The van der Waals surface area contributed by atoms with Gasteiger partial charge in [0, 0.05) is 30.3 Å². The second-order valence-corrected chi connectivity index (χ2v) is 9.06. The Morgan fingerprint density at radius 1 is 0.971 bits per heavy atom. The Labute approximate surface area is 201 Å². The Morgan fingerprint density at radius 2 is 1.71 bits per heavy atom. The fraction of sp³-hybridized carbons (Fsp3) is 0.357. The van der Waals surface area contributed by atoms with Crippen molar-refractivity contribution < 1.29 is 19.7 Å². The van der Waals surface area contributed by atoms with Crippen LogP contribution >= 0.6 is 0 Å². The Kier molecular flexibility index (Phi) is 7.98. The van der Waals surface area contributed by atoms with Crippen LogP contribution in [0.3, 0.4) is 0 Å². The molecule has 1 heterocycles. The minimum absolute atomic E-state index is 0.00980. The van der Waals surface area contributed by atoms with Gasteiger partial charge in [-0.15, -0.1) is 0 Å². The van der Waals surface area contributed by atoms with Crippen LogP contribution in [0.15, 0.2) is 78.9 Å². The van der Waals surface area contributed by atoms with E-state index in [9.17, 15) is 10.2 Å². The number of hydrogen-bond acceptors (Lipinski definition) is 6. The first-order valence-electron chi connectivity index (χ1n) is 11.7. The van der Waals surface area contributed by atoms with Crippen molar-refractivity contribution >= 4 is 5.69 Å². The van der Waals surface area contributed by atoms with Crippen molar-refractivity contribution in [1.29, 1.82) is 0 Å². The number of ether oxygens (including phenoxy) is 2. The van der Waals surface area contributed by atoms with Crippen molar-refractivity contribution in [3.63, 3.8) is 0 Å². The first-order valence-corrected chi connectivity index (χ1v) is 11.7. The predicted molar refractivity (Wildman–Crippen MR) is 133 cm³/mol. The first kappa shape index (κ1) is 24.4. The number of likely N-dealkylation sites (N-methyl/N-ethyl adjacent to an activating group) is 1. The van der Waals surface area contributed by atoms with E-state index < -0.39 is 12.4 Å². The van der Waals surface area contributed by atoms with Crippen molar-refractivity contribution in [3.8, 4) is 0 Å². The van der Waals surface area contributed by atoms with Gasteiger partial charge in [0.15, 0.2) is 6.29 Å². The molecule has 0 unspecified atom stereocenters. The standard InChI is InChI=1S/C28H34N2O4/c1-19(27(32)22-7-4-3-5-8-22)30(2)17-25-16-26(21-13-11-20(18-31)12-14-21)34-28(33-25)23-9-6-10-24(29)15-23/h3-15,19,25-28,31-32H,16-18,29H2,1-2H3/t19-,25+,26-,27-,28-/m0/s1. The molecule has 1 aliphatic rings. The lowest BCUT2D eigenvalue weighted by Crippen LogP contribution is -2.43. The lowest BCUT2D eigenvalue weighted by atomic mass is 9.98. The van der Waals surface area contributed by atoms with Crippen LogP contribution in [0.2, 0.25) is 0 Å². The van der Waals surface area contributed by atoms with E-state index in [0.717, 1.165) is 22.3 Å². The van der Waals surface area contributed by atoms with Gasteiger partial charge in [0.05, 0.1) is 24.9 Å². The molecule has 0 spiro atoms. The minimum atomic E-state index is -0.599. The molecule has 6 nitrogen and oxygen atoms in total. The number of benzene rings is 3. The van der Waals surface area contributed by atoms with Crippen molar-refractivity contribution in [1.82, 2.24) is 4.90 Å². The molecule has 0 bridgehead atoms. The molecule has 1 aliphatic heterocycles. The summed E-state index contributed by atoms with van der Waals surface area (Å²) < 4.78 is 12.8. The lowest BCUT2D eigenvalue weighted by Gasteiger charge is -2.39. The molecule has 0 amide bonds. The zero-order chi connectivity index (χ0) is 24.1. The summed E-state index contributed by atoms with van der Waals surface area (Å²) in [5.41, 5.74) is 10.4. The summed E-state index contributed by atoms with van der Waals surface area (Å²) in [6, 6.07) is 25.0. The van der Waals surface area contributed by atoms with Crippen LogP contribution in [0.25, 0.3) is 0 Å². The molecule has 34 heavy (non-hydrogen) atoms. The third kappa shape index (κ3) is 5.84. The zero-order valence-corrected chi connectivity index (χ0v) is 19.7. The van der Waals surface area contributed by atoms with Gasteiger partial charge in [-0.2, -0.15) is 0 Å². The summed E-state index contributed by atoms with van der Waals surface area (Å²) in [4.78, 5) is 2.13. The highest BCUT2D eigenvalue weighted by atomic mass is 16.7. The fourth-order valence-corrected chi connectivity index (χ4v) is 4.40. The number of rotatable bonds is 8. The number of aliphatic hydroxyl groups is 2. The first-order chi connectivity index (χ1) is 16.4. The van der Waals surface area contributed by atoms with Gasteiger partial charge >= 0.3 is 0 Å². The molecule has 3 aromatic rings. The van der Waals surface area contributed by atoms with Crippen molar-refractivity contribution in [2.75, 3.05) is 19.3 Å². The SMILES string of the molecule is C[C@@H]([C@H](O)c1ccccc1)N(C)C[C@H]1C[C@@H](c2ccc(CO)cc2)O[C@@H](c2cccc(N)c2)O1. The predicted octanol–water partition coefficient (Wildman–Crippen LogP) is 4.36. The van der Waals surface area contributed by atoms with Crippen molar-refractivity contribution in [3.05, 3.63) is 101 Å². The molecule has 180 valence electrons. The van der Waals surface area contributed by atoms with Crippen LogP contribution in [0.1, 0.15) is 54.1 Å². The van der Waals surface area contributed by atoms with E-state index in [0.29, 0.717) is 18.7 Å². The molecule has 4 rings (SSSR count). The van der Waals surface area contributed by atoms with E-state index in [-0.39, 0.29) is 24.9 Å². The minimum Gasteiger partial charge on any atom is -0.399 e. The Morgan fingerprint density at radius 3 is 2.38 bits per heavy atom. The molecule has 1 fully saturated rings. The number of aliphatic hydroxyl groups excluding tert-OH is 2. The van der Waals surface area contributed by atoms with E-state index in [2.05, 4.69) is 4.90 Å². The summed E-state index contributed by atoms with van der Waals surface area (Å²) in [7, 11) is 2.01. The van der Waals surface area contributed by atoms with Crippen LogP contribution in [-0.4, -0.2) is 40.9 Å². The van der Waals surface area contributed by atoms with Gasteiger partial charge in [0.2, 0.25) is 0 Å². The maximum Gasteiger partial charge on any atom is 0.185 e. The summed E-state index contributed by atoms with van der Waals surface area (Å²) in [6.07, 6.45) is -0.751. The second-order valence-electron chi connectivity index (χ2n) is 9.06. The highest BCUT2D eigenvalue weighted by Crippen LogP contribution is 2.38. The summed E-state index contributed by atoms with van der Waals surface area (Å²) in [5, 5.41) is 20.3. The van der Waals surface area contributed by atoms with Crippen LogP contribution in [0.4, 0.5) is 5.69 Å². The van der Waals surface area contributed by atoms with Gasteiger partial charge < -0.3 is 25.4 Å². The number of nitrogens with two attached hydrogens (primary N) is 1. The molecular formula is C28H34N2O4. The monoisotopic (exact) mass is 462 g/mol. The molecule has 5 atom stereocenters. The van der Waals surface area contributed by atoms with Crippen LogP contribution in [0, 0.1) is 0 Å². The highest BCUT2D eigenvalue weighted by Gasteiger charge is 2.34. The largest absolute Gasteiger partial charge is 0.399 e. The maximum absolute atomic E-state index is 10.9. The number of anilines is 1. The van der Waals surface area contributed by atoms with Crippen molar-refractivity contribution in [2.45, 2.75) is 50.6 Å². The van der Waals surface area contributed by atoms with Gasteiger partial charge in [-0.3, -0.25) is 4.90 Å². The molecule has 1 saturated heterocycles. The van der Waals surface area contributed by atoms with Gasteiger partial charge in [0.1, 0.15) is 0 Å². The van der Waals surface area contributed by atoms with E-state index >= 15 is 0 Å². The van der Waals surface area contributed by atoms with E-state index in [1.54, 1.807) is 0 Å². The molecule has 6 heteroatoms. The van der Waals surface area contributed by atoms with E-state index in [1.807, 2.05) is 92.8 Å². The van der Waals surface area contributed by atoms with Gasteiger partial charge in [-0.05, 0) is 42.8 Å². The Balaban J connectivity index is 1.52. The topological polar surface area (TPSA) is 88.2 Å². The van der Waals surface area contributed by atoms with Crippen molar-refractivity contribution in [2.24, 2.45) is 0 Å². The average molecular weight is 463 g/mol. The Bertz CT molecular complexity index is 1040.